The summed E-state index contributed by atoms with van der Waals surface area (Å²) in [5.74, 6) is 0. The summed E-state index contributed by atoms with van der Waals surface area (Å²) < 4.78 is 0. The van der Waals surface area contributed by atoms with E-state index in [1.165, 1.54) is 71.4 Å². The Morgan fingerprint density at radius 1 is 1.11 bits per heavy atom. The van der Waals surface area contributed by atoms with Gasteiger partial charge in [0.05, 0.1) is 0 Å². The Balaban J connectivity index is 1.83. The van der Waals surface area contributed by atoms with Gasteiger partial charge in [-0.15, -0.1) is 0 Å². The normalized spacial score (nSPS) is 29.5. The van der Waals surface area contributed by atoms with E-state index in [0.29, 0.717) is 5.54 Å². The van der Waals surface area contributed by atoms with E-state index in [1.807, 2.05) is 0 Å². The monoisotopic (exact) mass is 267 g/mol. The summed E-state index contributed by atoms with van der Waals surface area (Å²) in [5.41, 5.74) is 0.390. The predicted molar refractivity (Wildman–Crippen MR) is 82.6 cm³/mol. The van der Waals surface area contributed by atoms with Crippen molar-refractivity contribution in [1.82, 2.24) is 15.1 Å². The summed E-state index contributed by atoms with van der Waals surface area (Å²) in [7, 11) is 0. The van der Waals surface area contributed by atoms with E-state index in [2.05, 4.69) is 35.9 Å². The van der Waals surface area contributed by atoms with Crippen LogP contribution < -0.4 is 5.32 Å². The van der Waals surface area contributed by atoms with Gasteiger partial charge in [-0.25, -0.2) is 0 Å². The van der Waals surface area contributed by atoms with Crippen LogP contribution in [-0.4, -0.2) is 60.6 Å². The molecular formula is C16H33N3. The number of unbranched alkanes of at least 4 members (excludes halogenated alkanes) is 2. The molecule has 0 aromatic rings. The molecule has 1 unspecified atom stereocenters. The summed E-state index contributed by atoms with van der Waals surface area (Å²) in [6, 6.07) is 0.819. The van der Waals surface area contributed by atoms with Crippen LogP contribution in [0.5, 0.6) is 0 Å². The number of piperidine rings is 1. The van der Waals surface area contributed by atoms with Gasteiger partial charge in [-0.05, 0) is 39.7 Å². The van der Waals surface area contributed by atoms with Crippen molar-refractivity contribution in [2.45, 2.75) is 64.5 Å². The minimum atomic E-state index is 0.390. The Kier molecular flexibility index (Phi) is 5.67. The highest BCUT2D eigenvalue weighted by atomic mass is 15.3. The van der Waals surface area contributed by atoms with E-state index < -0.39 is 0 Å². The minimum absolute atomic E-state index is 0.390. The summed E-state index contributed by atoms with van der Waals surface area (Å²) >= 11 is 0. The Labute approximate surface area is 119 Å². The lowest BCUT2D eigenvalue weighted by Gasteiger charge is -2.49. The molecule has 19 heavy (non-hydrogen) atoms. The van der Waals surface area contributed by atoms with E-state index in [4.69, 9.17) is 0 Å². The summed E-state index contributed by atoms with van der Waals surface area (Å²) in [4.78, 5) is 5.46. The highest BCUT2D eigenvalue weighted by Gasteiger charge is 2.36. The van der Waals surface area contributed by atoms with Gasteiger partial charge in [-0.2, -0.15) is 0 Å². The van der Waals surface area contributed by atoms with Crippen LogP contribution in [0.3, 0.4) is 0 Å². The molecule has 0 amide bonds. The first-order valence-electron chi connectivity index (χ1n) is 8.33. The molecule has 2 aliphatic heterocycles. The Morgan fingerprint density at radius 3 is 2.47 bits per heavy atom. The van der Waals surface area contributed by atoms with Crippen LogP contribution in [0, 0.1) is 0 Å². The van der Waals surface area contributed by atoms with Crippen molar-refractivity contribution in [2.24, 2.45) is 0 Å². The second-order valence-corrected chi connectivity index (χ2v) is 6.94. The fourth-order valence-electron chi connectivity index (χ4n) is 3.74. The van der Waals surface area contributed by atoms with Crippen LogP contribution in [0.25, 0.3) is 0 Å². The first kappa shape index (κ1) is 15.3. The lowest BCUT2D eigenvalue weighted by atomic mass is 9.85. The average Bonchev–Trinajstić information content (AvgIpc) is 2.41. The maximum atomic E-state index is 3.47. The lowest BCUT2D eigenvalue weighted by molar-refractivity contribution is 0.0130. The van der Waals surface area contributed by atoms with Gasteiger partial charge in [0, 0.05) is 44.3 Å². The third-order valence-corrected chi connectivity index (χ3v) is 5.02. The average molecular weight is 267 g/mol. The van der Waals surface area contributed by atoms with Crippen molar-refractivity contribution in [3.8, 4) is 0 Å². The Hall–Kier alpha value is -0.120. The molecule has 3 heteroatoms. The summed E-state index contributed by atoms with van der Waals surface area (Å²) in [6.07, 6.45) is 6.80. The second-order valence-electron chi connectivity index (χ2n) is 6.94. The van der Waals surface area contributed by atoms with Gasteiger partial charge in [0.1, 0.15) is 0 Å². The molecule has 0 radical (unpaired) electrons. The van der Waals surface area contributed by atoms with Crippen molar-refractivity contribution in [3.05, 3.63) is 0 Å². The second kappa shape index (κ2) is 7.05. The number of hydrogen-bond acceptors (Lipinski definition) is 3. The number of rotatable bonds is 5. The molecule has 1 atom stereocenters. The van der Waals surface area contributed by atoms with Gasteiger partial charge in [-0.3, -0.25) is 9.80 Å². The lowest BCUT2D eigenvalue weighted by Crippen LogP contribution is -2.58. The Bertz CT molecular complexity index is 259. The van der Waals surface area contributed by atoms with Crippen molar-refractivity contribution < 1.29 is 0 Å². The first-order chi connectivity index (χ1) is 9.13. The van der Waals surface area contributed by atoms with Gasteiger partial charge < -0.3 is 5.32 Å². The topological polar surface area (TPSA) is 18.5 Å². The quantitative estimate of drug-likeness (QED) is 0.771. The molecule has 3 nitrogen and oxygen atoms in total. The predicted octanol–water partition coefficient (Wildman–Crippen LogP) is 2.32. The van der Waals surface area contributed by atoms with E-state index in [9.17, 15) is 0 Å². The number of likely N-dealkylation sites (tertiary alicyclic amines) is 1. The molecule has 1 N–H and O–H groups in total. The minimum Gasteiger partial charge on any atom is -0.314 e. The standard InChI is InChI=1S/C16H33N3/c1-4-5-6-10-19-11-7-15(14-16(19,2)3)18-12-8-17-9-13-18/h15,17H,4-14H2,1-3H3. The molecule has 0 aliphatic carbocycles. The van der Waals surface area contributed by atoms with Crippen molar-refractivity contribution in [3.63, 3.8) is 0 Å². The molecule has 112 valence electrons. The van der Waals surface area contributed by atoms with Crippen LogP contribution in [0.4, 0.5) is 0 Å². The zero-order valence-electron chi connectivity index (χ0n) is 13.2. The SMILES string of the molecule is CCCCCN1CCC(N2CCNCC2)CC1(C)C. The van der Waals surface area contributed by atoms with Gasteiger partial charge in [-0.1, -0.05) is 19.8 Å². The first-order valence-corrected chi connectivity index (χ1v) is 8.33. The smallest absolute Gasteiger partial charge is 0.0168 e. The molecule has 0 aromatic carbocycles. The largest absolute Gasteiger partial charge is 0.314 e. The molecule has 2 fully saturated rings. The van der Waals surface area contributed by atoms with Crippen LogP contribution in [0.2, 0.25) is 0 Å². The third kappa shape index (κ3) is 4.17. The van der Waals surface area contributed by atoms with Crippen LogP contribution >= 0.6 is 0 Å². The van der Waals surface area contributed by atoms with Crippen molar-refractivity contribution in [1.29, 1.82) is 0 Å². The van der Waals surface area contributed by atoms with Crippen LogP contribution in [0.1, 0.15) is 52.9 Å². The summed E-state index contributed by atoms with van der Waals surface area (Å²) in [5, 5.41) is 3.47. The van der Waals surface area contributed by atoms with E-state index >= 15 is 0 Å². The maximum Gasteiger partial charge on any atom is 0.0168 e. The van der Waals surface area contributed by atoms with E-state index in [0.717, 1.165) is 6.04 Å². The Morgan fingerprint density at radius 2 is 1.84 bits per heavy atom. The maximum absolute atomic E-state index is 3.47. The van der Waals surface area contributed by atoms with Gasteiger partial charge in [0.15, 0.2) is 0 Å². The van der Waals surface area contributed by atoms with Crippen LogP contribution in [-0.2, 0) is 0 Å². The number of nitrogens with one attached hydrogen (secondary N) is 1. The molecule has 0 spiro atoms. The molecule has 2 rings (SSSR count). The molecule has 2 saturated heterocycles. The number of nitrogens with zero attached hydrogens (tertiary/aromatic N) is 2. The highest BCUT2D eigenvalue weighted by molar-refractivity contribution is 4.93. The van der Waals surface area contributed by atoms with Gasteiger partial charge >= 0.3 is 0 Å². The van der Waals surface area contributed by atoms with Crippen molar-refractivity contribution >= 4 is 0 Å². The third-order valence-electron chi connectivity index (χ3n) is 5.02. The summed E-state index contributed by atoms with van der Waals surface area (Å²) in [6.45, 7) is 14.6. The molecule has 2 heterocycles. The molecule has 0 saturated carbocycles. The molecule has 2 aliphatic rings. The molecule has 0 bridgehead atoms. The zero-order chi connectivity index (χ0) is 13.7. The number of hydrogen-bond donors (Lipinski definition) is 1. The van der Waals surface area contributed by atoms with Gasteiger partial charge in [0.2, 0.25) is 0 Å². The zero-order valence-corrected chi connectivity index (χ0v) is 13.2. The number of piperazine rings is 1. The fraction of sp³-hybridized carbons (Fsp3) is 1.00. The van der Waals surface area contributed by atoms with Crippen molar-refractivity contribution in [2.75, 3.05) is 39.3 Å². The molecule has 0 aromatic heterocycles. The fourth-order valence-corrected chi connectivity index (χ4v) is 3.74. The van der Waals surface area contributed by atoms with E-state index in [1.54, 1.807) is 0 Å². The van der Waals surface area contributed by atoms with E-state index in [-0.39, 0.29) is 0 Å². The highest BCUT2D eigenvalue weighted by Crippen LogP contribution is 2.30. The van der Waals surface area contributed by atoms with Gasteiger partial charge in [0.25, 0.3) is 0 Å². The van der Waals surface area contributed by atoms with Crippen LogP contribution in [0.15, 0.2) is 0 Å². The molecular weight excluding hydrogens is 234 g/mol.